The zero-order valence-corrected chi connectivity index (χ0v) is 16.7. The van der Waals surface area contributed by atoms with Crippen LogP contribution in [-0.2, 0) is 11.2 Å². The van der Waals surface area contributed by atoms with Crippen LogP contribution >= 0.6 is 0 Å². The third-order valence-electron chi connectivity index (χ3n) is 4.82. The van der Waals surface area contributed by atoms with Gasteiger partial charge in [-0.3, -0.25) is 4.79 Å². The lowest BCUT2D eigenvalue weighted by molar-refractivity contribution is 0.0599. The van der Waals surface area contributed by atoms with Crippen molar-refractivity contribution in [3.8, 4) is 11.5 Å². The normalized spacial score (nSPS) is 13.7. The lowest BCUT2D eigenvalue weighted by atomic mass is 10.0. The molecule has 2 heterocycles. The molecule has 0 bridgehead atoms. The predicted octanol–water partition coefficient (Wildman–Crippen LogP) is 3.32. The summed E-state index contributed by atoms with van der Waals surface area (Å²) in [6.45, 7) is 6.72. The molecule has 1 amide bonds. The van der Waals surface area contributed by atoms with Crippen molar-refractivity contribution in [3.05, 3.63) is 46.3 Å². The number of carbonyl (C=O) groups is 2. The topological polar surface area (TPSA) is 89.7 Å². The first-order valence-corrected chi connectivity index (χ1v) is 9.46. The molecule has 1 aromatic heterocycles. The molecule has 2 N–H and O–H groups in total. The summed E-state index contributed by atoms with van der Waals surface area (Å²) in [5.74, 6) is 0.696. The van der Waals surface area contributed by atoms with E-state index < -0.39 is 5.97 Å². The van der Waals surface area contributed by atoms with Gasteiger partial charge in [0.2, 0.25) is 0 Å². The van der Waals surface area contributed by atoms with Gasteiger partial charge in [-0.2, -0.15) is 0 Å². The Morgan fingerprint density at radius 1 is 1.25 bits per heavy atom. The molecule has 1 aromatic carbocycles. The highest BCUT2D eigenvalue weighted by Crippen LogP contribution is 2.32. The molecule has 1 aliphatic heterocycles. The molecule has 1 atom stereocenters. The number of ether oxygens (including phenoxy) is 3. The Morgan fingerprint density at radius 2 is 1.96 bits per heavy atom. The van der Waals surface area contributed by atoms with Crippen LogP contribution in [-0.4, -0.2) is 37.2 Å². The van der Waals surface area contributed by atoms with Crippen molar-refractivity contribution in [2.75, 3.05) is 20.3 Å². The summed E-state index contributed by atoms with van der Waals surface area (Å²) in [5.41, 5.74) is 3.09. The fourth-order valence-electron chi connectivity index (χ4n) is 3.43. The van der Waals surface area contributed by atoms with Gasteiger partial charge in [0, 0.05) is 5.69 Å². The van der Waals surface area contributed by atoms with Crippen molar-refractivity contribution in [1.29, 1.82) is 0 Å². The number of fused-ring (bicyclic) bond motifs is 1. The van der Waals surface area contributed by atoms with Gasteiger partial charge in [-0.15, -0.1) is 0 Å². The molecular weight excluding hydrogens is 360 g/mol. The Morgan fingerprint density at radius 3 is 2.64 bits per heavy atom. The number of hydrogen-bond donors (Lipinski definition) is 2. The number of benzene rings is 1. The molecule has 28 heavy (non-hydrogen) atoms. The molecule has 0 fully saturated rings. The summed E-state index contributed by atoms with van der Waals surface area (Å²) in [6, 6.07) is 5.39. The van der Waals surface area contributed by atoms with Gasteiger partial charge in [0.15, 0.2) is 11.5 Å². The number of nitrogens with one attached hydrogen (secondary N) is 2. The Hall–Kier alpha value is -2.96. The predicted molar refractivity (Wildman–Crippen MR) is 104 cm³/mol. The van der Waals surface area contributed by atoms with Gasteiger partial charge in [-0.25, -0.2) is 4.79 Å². The number of carbonyl (C=O) groups excluding carboxylic acids is 2. The fourth-order valence-corrected chi connectivity index (χ4v) is 3.43. The van der Waals surface area contributed by atoms with Crippen LogP contribution in [0.3, 0.4) is 0 Å². The van der Waals surface area contributed by atoms with Gasteiger partial charge in [-0.05, 0) is 43.5 Å². The monoisotopic (exact) mass is 386 g/mol. The molecule has 0 aliphatic carbocycles. The summed E-state index contributed by atoms with van der Waals surface area (Å²) < 4.78 is 16.0. The number of aryl methyl sites for hydroxylation is 1. The van der Waals surface area contributed by atoms with Crippen LogP contribution in [0.15, 0.2) is 18.2 Å². The van der Waals surface area contributed by atoms with Gasteiger partial charge < -0.3 is 24.5 Å². The summed E-state index contributed by atoms with van der Waals surface area (Å²) in [5, 5.41) is 3.00. The van der Waals surface area contributed by atoms with E-state index in [-0.39, 0.29) is 11.9 Å². The van der Waals surface area contributed by atoms with E-state index in [2.05, 4.69) is 10.3 Å². The zero-order valence-electron chi connectivity index (χ0n) is 16.7. The number of amides is 1. The van der Waals surface area contributed by atoms with Crippen molar-refractivity contribution in [2.24, 2.45) is 0 Å². The first kappa shape index (κ1) is 19.8. The van der Waals surface area contributed by atoms with Crippen LogP contribution in [0.25, 0.3) is 0 Å². The second-order valence-corrected chi connectivity index (χ2v) is 6.82. The molecule has 150 valence electrons. The minimum atomic E-state index is -0.434. The molecular formula is C21H26N2O5. The fraction of sp³-hybridized carbons (Fsp3) is 0.429. The molecule has 0 saturated carbocycles. The maximum absolute atomic E-state index is 12.9. The second-order valence-electron chi connectivity index (χ2n) is 6.82. The van der Waals surface area contributed by atoms with Crippen LogP contribution in [0.4, 0.5) is 0 Å². The Balaban J connectivity index is 1.83. The van der Waals surface area contributed by atoms with E-state index in [0.29, 0.717) is 53.6 Å². The van der Waals surface area contributed by atoms with Crippen molar-refractivity contribution in [1.82, 2.24) is 10.3 Å². The molecule has 3 rings (SSSR count). The van der Waals surface area contributed by atoms with E-state index in [1.165, 1.54) is 7.11 Å². The molecule has 0 radical (unpaired) electrons. The third-order valence-corrected chi connectivity index (χ3v) is 4.82. The van der Waals surface area contributed by atoms with E-state index >= 15 is 0 Å². The van der Waals surface area contributed by atoms with Gasteiger partial charge >= 0.3 is 5.97 Å². The van der Waals surface area contributed by atoms with Gasteiger partial charge in [0.1, 0.15) is 18.9 Å². The van der Waals surface area contributed by atoms with Crippen LogP contribution < -0.4 is 14.8 Å². The highest BCUT2D eigenvalue weighted by Gasteiger charge is 2.25. The SMILES string of the molecule is CCCc1c(C(=O)NC(C)c2ccc3c(c2)OCCO3)[nH]c(C)c1C(=O)OC. The highest BCUT2D eigenvalue weighted by molar-refractivity contribution is 6.00. The number of hydrogen-bond acceptors (Lipinski definition) is 5. The van der Waals surface area contributed by atoms with Crippen molar-refractivity contribution in [3.63, 3.8) is 0 Å². The Bertz CT molecular complexity index is 887. The molecule has 7 heteroatoms. The average Bonchev–Trinajstić information content (AvgIpc) is 3.03. The number of aromatic amines is 1. The summed E-state index contributed by atoms with van der Waals surface area (Å²) in [7, 11) is 1.34. The molecule has 2 aromatic rings. The number of aromatic nitrogens is 1. The van der Waals surface area contributed by atoms with E-state index in [1.54, 1.807) is 6.92 Å². The molecule has 0 saturated heterocycles. The maximum Gasteiger partial charge on any atom is 0.339 e. The minimum absolute atomic E-state index is 0.247. The minimum Gasteiger partial charge on any atom is -0.486 e. The van der Waals surface area contributed by atoms with Gasteiger partial charge in [0.25, 0.3) is 5.91 Å². The number of rotatable bonds is 6. The van der Waals surface area contributed by atoms with Gasteiger partial charge in [0.05, 0.1) is 18.7 Å². The van der Waals surface area contributed by atoms with Crippen LogP contribution in [0.5, 0.6) is 11.5 Å². The number of methoxy groups -OCH3 is 1. The Kier molecular flexibility index (Phi) is 5.92. The van der Waals surface area contributed by atoms with Crippen LogP contribution in [0, 0.1) is 6.92 Å². The lowest BCUT2D eigenvalue weighted by Crippen LogP contribution is -2.28. The standard InChI is InChI=1S/C21H26N2O5/c1-5-6-15-18(21(25)26-4)13(3)22-19(15)20(24)23-12(2)14-7-8-16-17(11-14)28-10-9-27-16/h7-8,11-12,22H,5-6,9-10H2,1-4H3,(H,23,24). The zero-order chi connectivity index (χ0) is 20.3. The third kappa shape index (κ3) is 3.83. The van der Waals surface area contributed by atoms with Crippen molar-refractivity contribution in [2.45, 2.75) is 39.7 Å². The highest BCUT2D eigenvalue weighted by atomic mass is 16.6. The molecule has 7 nitrogen and oxygen atoms in total. The quantitative estimate of drug-likeness (QED) is 0.744. The van der Waals surface area contributed by atoms with Crippen molar-refractivity contribution < 1.29 is 23.8 Å². The average molecular weight is 386 g/mol. The van der Waals surface area contributed by atoms with E-state index in [0.717, 1.165) is 12.0 Å². The summed E-state index contributed by atoms with van der Waals surface area (Å²) in [4.78, 5) is 28.1. The molecule has 1 aliphatic rings. The van der Waals surface area contributed by atoms with E-state index in [4.69, 9.17) is 14.2 Å². The van der Waals surface area contributed by atoms with Crippen molar-refractivity contribution >= 4 is 11.9 Å². The molecule has 1 unspecified atom stereocenters. The lowest BCUT2D eigenvalue weighted by Gasteiger charge is -2.21. The van der Waals surface area contributed by atoms with Gasteiger partial charge in [-0.1, -0.05) is 19.4 Å². The first-order chi connectivity index (χ1) is 13.5. The Labute approximate surface area is 164 Å². The second kappa shape index (κ2) is 8.37. The first-order valence-electron chi connectivity index (χ1n) is 9.46. The summed E-state index contributed by atoms with van der Waals surface area (Å²) >= 11 is 0. The molecule has 0 spiro atoms. The summed E-state index contributed by atoms with van der Waals surface area (Å²) in [6.07, 6.45) is 1.41. The largest absolute Gasteiger partial charge is 0.486 e. The van der Waals surface area contributed by atoms with E-state index in [9.17, 15) is 9.59 Å². The van der Waals surface area contributed by atoms with Crippen LogP contribution in [0.2, 0.25) is 0 Å². The number of esters is 1. The maximum atomic E-state index is 12.9. The smallest absolute Gasteiger partial charge is 0.339 e. The van der Waals surface area contributed by atoms with E-state index in [1.807, 2.05) is 32.0 Å². The number of H-pyrrole nitrogens is 1. The van der Waals surface area contributed by atoms with Crippen LogP contribution in [0.1, 0.15) is 64.0 Å².